The van der Waals surface area contributed by atoms with Gasteiger partial charge in [0, 0.05) is 55.7 Å². The fourth-order valence-corrected chi connectivity index (χ4v) is 7.30. The summed E-state index contributed by atoms with van der Waals surface area (Å²) in [5, 5.41) is 13.9. The first-order valence-corrected chi connectivity index (χ1v) is 15.1. The van der Waals surface area contributed by atoms with Crippen molar-refractivity contribution in [3.63, 3.8) is 0 Å². The quantitative estimate of drug-likeness (QED) is 0.394. The molecule has 40 heavy (non-hydrogen) atoms. The highest BCUT2D eigenvalue weighted by Gasteiger charge is 2.49. The van der Waals surface area contributed by atoms with E-state index >= 15 is 0 Å². The average molecular weight is 539 g/mol. The average Bonchev–Trinajstić information content (AvgIpc) is 3.67. The van der Waals surface area contributed by atoms with E-state index in [-0.39, 0.29) is 5.91 Å². The van der Waals surface area contributed by atoms with Crippen molar-refractivity contribution >= 4 is 16.8 Å². The molecule has 1 aliphatic heterocycles. The number of hydrogen-bond donors (Lipinski definition) is 3. The number of fused-ring (bicyclic) bond motifs is 2. The zero-order chi connectivity index (χ0) is 27.7. The zero-order valence-electron chi connectivity index (χ0n) is 23.7. The van der Waals surface area contributed by atoms with Crippen LogP contribution < -0.4 is 11.1 Å². The Balaban J connectivity index is 1.08. The second-order valence-electron chi connectivity index (χ2n) is 12.4. The van der Waals surface area contributed by atoms with Crippen LogP contribution in [0, 0.1) is 23.2 Å². The maximum atomic E-state index is 13.1. The molecular formula is C33H42N6O. The minimum absolute atomic E-state index is 0.162. The number of nitriles is 1. The number of nitrogens with zero attached hydrogens (tertiary/aromatic N) is 3. The molecule has 7 nitrogen and oxygen atoms in total. The van der Waals surface area contributed by atoms with Crippen molar-refractivity contribution in [1.29, 1.82) is 5.26 Å². The molecule has 1 amide bonds. The van der Waals surface area contributed by atoms with Crippen molar-refractivity contribution in [2.75, 3.05) is 32.7 Å². The number of carbonyl (C=O) groups is 1. The number of piperazine rings is 1. The van der Waals surface area contributed by atoms with Gasteiger partial charge in [0.15, 0.2) is 0 Å². The Bertz CT molecular complexity index is 1370. The molecule has 3 unspecified atom stereocenters. The number of nitrogens with one attached hydrogen (secondary N) is 2. The lowest BCUT2D eigenvalue weighted by molar-refractivity contribution is -0.126. The van der Waals surface area contributed by atoms with E-state index < -0.39 is 11.6 Å². The molecule has 2 aromatic carbocycles. The van der Waals surface area contributed by atoms with Gasteiger partial charge in [-0.3, -0.25) is 9.69 Å². The van der Waals surface area contributed by atoms with Crippen LogP contribution in [0.5, 0.6) is 0 Å². The van der Waals surface area contributed by atoms with Crippen LogP contribution in [0.4, 0.5) is 0 Å². The Kier molecular flexibility index (Phi) is 7.67. The SMILES string of the molecule is CCN1CCN(Cc2ccc(-c3cc4cc(CC(C#N)NC(=O)C5(N)CC6CCCC6C5)ccc4[nH]3)cc2)CC1. The number of hydrogen-bond acceptors (Lipinski definition) is 5. The van der Waals surface area contributed by atoms with Gasteiger partial charge in [0.2, 0.25) is 5.91 Å². The smallest absolute Gasteiger partial charge is 0.241 e. The monoisotopic (exact) mass is 538 g/mol. The van der Waals surface area contributed by atoms with E-state index in [4.69, 9.17) is 5.73 Å². The van der Waals surface area contributed by atoms with E-state index in [1.54, 1.807) is 0 Å². The molecule has 3 aliphatic rings. The number of rotatable bonds is 8. The van der Waals surface area contributed by atoms with Gasteiger partial charge >= 0.3 is 0 Å². The van der Waals surface area contributed by atoms with Crippen molar-refractivity contribution in [3.8, 4) is 17.3 Å². The number of carbonyl (C=O) groups excluding carboxylic acids is 1. The van der Waals surface area contributed by atoms with Crippen LogP contribution in [0.2, 0.25) is 0 Å². The number of aromatic amines is 1. The molecule has 4 N–H and O–H groups in total. The van der Waals surface area contributed by atoms with Crippen molar-refractivity contribution in [1.82, 2.24) is 20.1 Å². The van der Waals surface area contributed by atoms with Crippen molar-refractivity contribution in [2.24, 2.45) is 17.6 Å². The molecule has 2 heterocycles. The summed E-state index contributed by atoms with van der Waals surface area (Å²) in [6.45, 7) is 8.94. The molecule has 0 radical (unpaired) electrons. The largest absolute Gasteiger partial charge is 0.355 e. The van der Waals surface area contributed by atoms with Crippen LogP contribution in [-0.2, 0) is 17.8 Å². The molecule has 6 rings (SSSR count). The van der Waals surface area contributed by atoms with Crippen molar-refractivity contribution in [2.45, 2.75) is 63.6 Å². The van der Waals surface area contributed by atoms with Crippen LogP contribution >= 0.6 is 0 Å². The van der Waals surface area contributed by atoms with Crippen molar-refractivity contribution in [3.05, 3.63) is 59.7 Å². The highest BCUT2D eigenvalue weighted by Crippen LogP contribution is 2.47. The standard InChI is InChI=1S/C33H42N6O/c1-2-38-12-14-39(15-13-38)22-23-6-9-25(10-7-23)31-18-28-16-24(8-11-30(28)37-31)17-29(21-34)36-32(40)33(35)19-26-4-3-5-27(26)20-33/h6-11,16,18,26-27,29,37H,2-5,12-15,17,19-20,22,35H2,1H3,(H,36,40). The first kappa shape index (κ1) is 27.0. The third-order valence-electron chi connectivity index (χ3n) is 9.69. The molecule has 3 atom stereocenters. The first-order chi connectivity index (χ1) is 19.4. The lowest BCUT2D eigenvalue weighted by Gasteiger charge is -2.34. The number of aromatic nitrogens is 1. The van der Waals surface area contributed by atoms with Gasteiger partial charge in [-0.2, -0.15) is 5.26 Å². The van der Waals surface area contributed by atoms with Crippen LogP contribution in [-0.4, -0.2) is 65.0 Å². The predicted molar refractivity (Wildman–Crippen MR) is 159 cm³/mol. The first-order valence-electron chi connectivity index (χ1n) is 15.1. The second kappa shape index (κ2) is 11.4. The van der Waals surface area contributed by atoms with Gasteiger partial charge < -0.3 is 20.9 Å². The van der Waals surface area contributed by atoms with Crippen LogP contribution in [0.25, 0.3) is 22.2 Å². The van der Waals surface area contributed by atoms with E-state index in [0.29, 0.717) is 18.3 Å². The van der Waals surface area contributed by atoms with Gasteiger partial charge in [-0.1, -0.05) is 56.5 Å². The molecule has 0 bridgehead atoms. The van der Waals surface area contributed by atoms with Gasteiger partial charge in [0.05, 0.1) is 11.6 Å². The van der Waals surface area contributed by atoms with E-state index in [0.717, 1.165) is 79.8 Å². The summed E-state index contributed by atoms with van der Waals surface area (Å²) < 4.78 is 0. The zero-order valence-corrected chi connectivity index (χ0v) is 23.7. The lowest BCUT2D eigenvalue weighted by Crippen LogP contribution is -2.55. The minimum atomic E-state index is -0.829. The molecule has 1 aromatic heterocycles. The maximum absolute atomic E-state index is 13.1. The Morgan fingerprint density at radius 2 is 1.73 bits per heavy atom. The highest BCUT2D eigenvalue weighted by atomic mass is 16.2. The van der Waals surface area contributed by atoms with E-state index in [9.17, 15) is 10.1 Å². The van der Waals surface area contributed by atoms with E-state index in [2.05, 4.69) is 75.6 Å². The number of amides is 1. The second-order valence-corrected chi connectivity index (χ2v) is 12.4. The lowest BCUT2D eigenvalue weighted by atomic mass is 9.93. The normalized spacial score (nSPS) is 26.0. The van der Waals surface area contributed by atoms with E-state index in [1.165, 1.54) is 24.8 Å². The number of likely N-dealkylation sites (N-methyl/N-ethyl adjacent to an activating group) is 1. The maximum Gasteiger partial charge on any atom is 0.241 e. The number of benzene rings is 2. The Labute approximate surface area is 237 Å². The molecule has 2 saturated carbocycles. The topological polar surface area (TPSA) is 101 Å². The Morgan fingerprint density at radius 3 is 2.40 bits per heavy atom. The summed E-state index contributed by atoms with van der Waals surface area (Å²) in [6, 6.07) is 19.0. The molecule has 3 aromatic rings. The minimum Gasteiger partial charge on any atom is -0.355 e. The third-order valence-corrected chi connectivity index (χ3v) is 9.69. The summed E-state index contributed by atoms with van der Waals surface area (Å²) in [7, 11) is 0. The molecule has 2 aliphatic carbocycles. The molecule has 3 fully saturated rings. The summed E-state index contributed by atoms with van der Waals surface area (Å²) in [4.78, 5) is 21.7. The van der Waals surface area contributed by atoms with Crippen molar-refractivity contribution < 1.29 is 4.79 Å². The van der Waals surface area contributed by atoms with E-state index in [1.807, 2.05) is 6.07 Å². The predicted octanol–water partition coefficient (Wildman–Crippen LogP) is 4.43. The number of H-pyrrole nitrogens is 1. The Hall–Kier alpha value is -3.18. The fraction of sp³-hybridized carbons (Fsp3) is 0.515. The fourth-order valence-electron chi connectivity index (χ4n) is 7.30. The molecule has 210 valence electrons. The van der Waals surface area contributed by atoms with Gasteiger partial charge in [0.25, 0.3) is 0 Å². The van der Waals surface area contributed by atoms with Gasteiger partial charge in [-0.05, 0) is 66.1 Å². The third kappa shape index (κ3) is 5.67. The summed E-state index contributed by atoms with van der Waals surface area (Å²) in [5.41, 5.74) is 11.4. The number of nitrogens with two attached hydrogens (primary N) is 1. The summed E-state index contributed by atoms with van der Waals surface area (Å²) in [6.07, 6.45) is 5.56. The van der Waals surface area contributed by atoms with Crippen LogP contribution in [0.15, 0.2) is 48.5 Å². The van der Waals surface area contributed by atoms with Gasteiger partial charge in [0.1, 0.15) is 6.04 Å². The molecule has 1 saturated heterocycles. The highest BCUT2D eigenvalue weighted by molar-refractivity contribution is 5.88. The molecule has 0 spiro atoms. The van der Waals surface area contributed by atoms with Gasteiger partial charge in [-0.25, -0.2) is 0 Å². The van der Waals surface area contributed by atoms with Gasteiger partial charge in [-0.15, -0.1) is 0 Å². The van der Waals surface area contributed by atoms with Crippen LogP contribution in [0.1, 0.15) is 50.2 Å². The van der Waals surface area contributed by atoms with Crippen LogP contribution in [0.3, 0.4) is 0 Å². The Morgan fingerprint density at radius 1 is 1.05 bits per heavy atom. The summed E-state index contributed by atoms with van der Waals surface area (Å²) in [5.74, 6) is 0.976. The molecular weight excluding hydrogens is 496 g/mol. The molecule has 7 heteroatoms. The summed E-state index contributed by atoms with van der Waals surface area (Å²) >= 11 is 0.